The lowest BCUT2D eigenvalue weighted by molar-refractivity contribution is -0.136. The number of pyridine rings is 1. The van der Waals surface area contributed by atoms with Gasteiger partial charge in [-0.1, -0.05) is 0 Å². The molecule has 2 aromatic rings. The van der Waals surface area contributed by atoms with E-state index in [4.69, 9.17) is 5.26 Å². The molecule has 0 saturated heterocycles. The third-order valence-electron chi connectivity index (χ3n) is 2.00. The lowest BCUT2D eigenvalue weighted by Crippen LogP contribution is -2.06. The van der Waals surface area contributed by atoms with Crippen LogP contribution in [0.2, 0.25) is 0 Å². The van der Waals surface area contributed by atoms with Crippen molar-refractivity contribution in [1.29, 1.82) is 5.26 Å². The van der Waals surface area contributed by atoms with E-state index < -0.39 is 11.7 Å². The molecule has 6 heteroatoms. The number of rotatable bonds is 0. The van der Waals surface area contributed by atoms with Crippen molar-refractivity contribution in [2.75, 3.05) is 0 Å². The molecule has 0 radical (unpaired) electrons. The van der Waals surface area contributed by atoms with Gasteiger partial charge in [-0.3, -0.25) is 0 Å². The molecular weight excluding hydrogens is 207 g/mol. The van der Waals surface area contributed by atoms with Crippen LogP contribution in [-0.4, -0.2) is 9.97 Å². The van der Waals surface area contributed by atoms with E-state index in [2.05, 4.69) is 9.97 Å². The van der Waals surface area contributed by atoms with Gasteiger partial charge < -0.3 is 4.98 Å². The van der Waals surface area contributed by atoms with Gasteiger partial charge >= 0.3 is 6.18 Å². The molecule has 0 atom stereocenters. The maximum absolute atomic E-state index is 12.6. The second-order valence-electron chi connectivity index (χ2n) is 2.89. The summed E-state index contributed by atoms with van der Waals surface area (Å²) in [6.07, 6.45) is -2.20. The van der Waals surface area contributed by atoms with Gasteiger partial charge in [0.2, 0.25) is 0 Å². The highest BCUT2D eigenvalue weighted by atomic mass is 19.4. The van der Waals surface area contributed by atoms with E-state index in [1.165, 1.54) is 6.20 Å². The van der Waals surface area contributed by atoms with E-state index in [9.17, 15) is 13.2 Å². The normalized spacial score (nSPS) is 11.6. The van der Waals surface area contributed by atoms with Crippen LogP contribution in [0.15, 0.2) is 18.5 Å². The molecule has 0 bridgehead atoms. The van der Waals surface area contributed by atoms with Crippen molar-refractivity contribution in [3.05, 3.63) is 29.6 Å². The minimum Gasteiger partial charge on any atom is -0.345 e. The van der Waals surface area contributed by atoms with E-state index in [0.717, 1.165) is 12.3 Å². The molecule has 0 aliphatic carbocycles. The molecule has 0 unspecified atom stereocenters. The zero-order valence-corrected chi connectivity index (χ0v) is 7.26. The maximum Gasteiger partial charge on any atom is 0.417 e. The smallest absolute Gasteiger partial charge is 0.345 e. The molecule has 0 spiro atoms. The fourth-order valence-electron chi connectivity index (χ4n) is 1.38. The highest BCUT2D eigenvalue weighted by Gasteiger charge is 2.34. The number of fused-ring (bicyclic) bond motifs is 1. The average Bonchev–Trinajstić information content (AvgIpc) is 2.58. The third-order valence-corrected chi connectivity index (χ3v) is 2.00. The maximum atomic E-state index is 12.6. The third kappa shape index (κ3) is 1.42. The van der Waals surface area contributed by atoms with Crippen LogP contribution < -0.4 is 0 Å². The number of aromatic nitrogens is 2. The minimum atomic E-state index is -4.48. The number of nitrogens with zero attached hydrogens (tertiary/aromatic N) is 2. The van der Waals surface area contributed by atoms with Crippen LogP contribution in [0.3, 0.4) is 0 Å². The Morgan fingerprint density at radius 2 is 2.13 bits per heavy atom. The van der Waals surface area contributed by atoms with Gasteiger partial charge in [0.1, 0.15) is 11.7 Å². The Morgan fingerprint density at radius 3 is 2.73 bits per heavy atom. The molecule has 3 nitrogen and oxygen atoms in total. The monoisotopic (exact) mass is 211 g/mol. The van der Waals surface area contributed by atoms with E-state index in [0.29, 0.717) is 0 Å². The molecule has 2 aromatic heterocycles. The van der Waals surface area contributed by atoms with Crippen molar-refractivity contribution in [3.8, 4) is 6.07 Å². The largest absolute Gasteiger partial charge is 0.417 e. The van der Waals surface area contributed by atoms with Crippen molar-refractivity contribution in [2.24, 2.45) is 0 Å². The molecule has 2 heterocycles. The summed E-state index contributed by atoms with van der Waals surface area (Å²) in [5.74, 6) is 0. The lowest BCUT2D eigenvalue weighted by Gasteiger charge is -2.07. The Morgan fingerprint density at radius 1 is 1.40 bits per heavy atom. The first-order chi connectivity index (χ1) is 7.04. The summed E-state index contributed by atoms with van der Waals surface area (Å²) in [4.78, 5) is 6.24. The Bertz CT molecular complexity index is 548. The number of H-pyrrole nitrogens is 1. The first-order valence-electron chi connectivity index (χ1n) is 3.97. The Hall–Kier alpha value is -2.03. The summed E-state index contributed by atoms with van der Waals surface area (Å²) in [7, 11) is 0. The fraction of sp³-hybridized carbons (Fsp3) is 0.111. The van der Waals surface area contributed by atoms with Crippen LogP contribution in [0, 0.1) is 11.3 Å². The van der Waals surface area contributed by atoms with Gasteiger partial charge in [-0.15, -0.1) is 0 Å². The first-order valence-corrected chi connectivity index (χ1v) is 3.97. The SMILES string of the molecule is N#Cc1c[nH]c2nccc(C(F)(F)F)c12. The molecule has 0 saturated carbocycles. The van der Waals surface area contributed by atoms with Gasteiger partial charge in [0, 0.05) is 17.8 Å². The number of nitriles is 1. The standard InChI is InChI=1S/C9H4F3N3/c10-9(11,12)6-1-2-14-8-7(6)5(3-13)4-15-8/h1-2,4H,(H,14,15). The predicted molar refractivity (Wildman–Crippen MR) is 45.8 cm³/mol. The summed E-state index contributed by atoms with van der Waals surface area (Å²) in [5.41, 5.74) is -0.822. The Labute approximate surface area is 82.2 Å². The summed E-state index contributed by atoms with van der Waals surface area (Å²) >= 11 is 0. The van der Waals surface area contributed by atoms with Crippen molar-refractivity contribution in [1.82, 2.24) is 9.97 Å². The van der Waals surface area contributed by atoms with E-state index in [-0.39, 0.29) is 16.6 Å². The molecule has 0 aliphatic heterocycles. The number of hydrogen-bond donors (Lipinski definition) is 1. The molecule has 0 fully saturated rings. The minimum absolute atomic E-state index is 0.0505. The van der Waals surface area contributed by atoms with Gasteiger partial charge in [0.25, 0.3) is 0 Å². The highest BCUT2D eigenvalue weighted by molar-refractivity contribution is 5.86. The predicted octanol–water partition coefficient (Wildman–Crippen LogP) is 2.45. The zero-order valence-electron chi connectivity index (χ0n) is 7.26. The molecule has 15 heavy (non-hydrogen) atoms. The van der Waals surface area contributed by atoms with Crippen LogP contribution in [-0.2, 0) is 6.18 Å². The summed E-state index contributed by atoms with van der Waals surface area (Å²) < 4.78 is 37.7. The van der Waals surface area contributed by atoms with Crippen LogP contribution in [0.25, 0.3) is 11.0 Å². The van der Waals surface area contributed by atoms with Crippen LogP contribution in [0.4, 0.5) is 13.2 Å². The number of nitrogens with one attached hydrogen (secondary N) is 1. The number of aromatic amines is 1. The first kappa shape index (κ1) is 9.52. The Balaban J connectivity index is 2.86. The summed E-state index contributed by atoms with van der Waals surface area (Å²) in [6.45, 7) is 0. The van der Waals surface area contributed by atoms with E-state index in [1.54, 1.807) is 6.07 Å². The van der Waals surface area contributed by atoms with Crippen LogP contribution in [0.1, 0.15) is 11.1 Å². The topological polar surface area (TPSA) is 52.5 Å². The lowest BCUT2D eigenvalue weighted by atomic mass is 10.1. The van der Waals surface area contributed by atoms with Gasteiger partial charge in [0.15, 0.2) is 0 Å². The second-order valence-corrected chi connectivity index (χ2v) is 2.89. The second kappa shape index (κ2) is 2.98. The number of hydrogen-bond acceptors (Lipinski definition) is 2. The Kier molecular flexibility index (Phi) is 1.89. The molecule has 2 rings (SSSR count). The molecule has 76 valence electrons. The average molecular weight is 211 g/mol. The van der Waals surface area contributed by atoms with Gasteiger partial charge in [-0.05, 0) is 6.07 Å². The van der Waals surface area contributed by atoms with Gasteiger partial charge in [0.05, 0.1) is 11.1 Å². The van der Waals surface area contributed by atoms with E-state index >= 15 is 0 Å². The van der Waals surface area contributed by atoms with Gasteiger partial charge in [-0.2, -0.15) is 18.4 Å². The molecule has 0 aliphatic rings. The van der Waals surface area contributed by atoms with Crippen molar-refractivity contribution in [3.63, 3.8) is 0 Å². The van der Waals surface area contributed by atoms with Crippen LogP contribution >= 0.6 is 0 Å². The van der Waals surface area contributed by atoms with Crippen molar-refractivity contribution >= 4 is 11.0 Å². The van der Waals surface area contributed by atoms with Crippen molar-refractivity contribution in [2.45, 2.75) is 6.18 Å². The molecular formula is C9H4F3N3. The molecule has 1 N–H and O–H groups in total. The highest BCUT2D eigenvalue weighted by Crippen LogP contribution is 2.35. The summed E-state index contributed by atoms with van der Waals surface area (Å²) in [5, 5.41) is 8.48. The quantitative estimate of drug-likeness (QED) is 0.727. The number of alkyl halides is 3. The number of halogens is 3. The molecule has 0 aromatic carbocycles. The van der Waals surface area contributed by atoms with E-state index in [1.807, 2.05) is 0 Å². The zero-order chi connectivity index (χ0) is 11.1. The van der Waals surface area contributed by atoms with Gasteiger partial charge in [-0.25, -0.2) is 4.98 Å². The van der Waals surface area contributed by atoms with Crippen molar-refractivity contribution < 1.29 is 13.2 Å². The van der Waals surface area contributed by atoms with Crippen LogP contribution in [0.5, 0.6) is 0 Å². The fourth-order valence-corrected chi connectivity index (χ4v) is 1.38. The summed E-state index contributed by atoms with van der Waals surface area (Å²) in [6, 6.07) is 2.55. The molecule has 0 amide bonds.